The van der Waals surface area contributed by atoms with Crippen LogP contribution in [0.2, 0.25) is 0 Å². The van der Waals surface area contributed by atoms with E-state index < -0.39 is 0 Å². The number of hydrogen-bond donors (Lipinski definition) is 0. The molecule has 1 atom stereocenters. The van der Waals surface area contributed by atoms with Gasteiger partial charge in [0.25, 0.3) is 0 Å². The van der Waals surface area contributed by atoms with Crippen molar-refractivity contribution in [2.75, 3.05) is 25.1 Å². The highest BCUT2D eigenvalue weighted by atomic mass is 32.2. The molecule has 0 saturated carbocycles. The second kappa shape index (κ2) is 4.11. The zero-order valence-electron chi connectivity index (χ0n) is 7.81. The molecule has 0 spiro atoms. The van der Waals surface area contributed by atoms with Crippen LogP contribution in [0.5, 0.6) is 0 Å². The van der Waals surface area contributed by atoms with Crippen LogP contribution in [0.4, 0.5) is 0 Å². The van der Waals surface area contributed by atoms with E-state index in [1.54, 1.807) is 0 Å². The number of nitrogens with zero attached hydrogens (tertiary/aromatic N) is 2. The summed E-state index contributed by atoms with van der Waals surface area (Å²) >= 11 is 2.03. The third-order valence-electron chi connectivity index (χ3n) is 2.47. The maximum Gasteiger partial charge on any atom is 0.0451 e. The van der Waals surface area contributed by atoms with E-state index in [0.29, 0.717) is 6.04 Å². The first-order chi connectivity index (χ1) is 6.38. The van der Waals surface area contributed by atoms with Crippen molar-refractivity contribution in [1.29, 1.82) is 0 Å². The molecule has 13 heavy (non-hydrogen) atoms. The van der Waals surface area contributed by atoms with Gasteiger partial charge in [0.2, 0.25) is 0 Å². The Morgan fingerprint density at radius 2 is 2.54 bits per heavy atom. The zero-order chi connectivity index (χ0) is 9.10. The molecule has 2 heterocycles. The number of aromatic nitrogens is 1. The molecule has 1 aromatic rings. The van der Waals surface area contributed by atoms with Crippen molar-refractivity contribution in [2.45, 2.75) is 6.04 Å². The zero-order valence-corrected chi connectivity index (χ0v) is 8.63. The number of pyridine rings is 1. The van der Waals surface area contributed by atoms with E-state index in [4.69, 9.17) is 0 Å². The molecule has 1 saturated heterocycles. The van der Waals surface area contributed by atoms with Gasteiger partial charge < -0.3 is 0 Å². The van der Waals surface area contributed by atoms with Crippen LogP contribution in [0.25, 0.3) is 0 Å². The third kappa shape index (κ3) is 2.03. The van der Waals surface area contributed by atoms with Crippen LogP contribution in [-0.4, -0.2) is 35.0 Å². The number of hydrogen-bond acceptors (Lipinski definition) is 3. The Morgan fingerprint density at radius 3 is 3.23 bits per heavy atom. The lowest BCUT2D eigenvalue weighted by Crippen LogP contribution is -2.32. The number of thioether (sulfide) groups is 1. The minimum absolute atomic E-state index is 0.562. The Labute approximate surface area is 83.4 Å². The van der Waals surface area contributed by atoms with Crippen LogP contribution in [0, 0.1) is 0 Å². The lowest BCUT2D eigenvalue weighted by molar-refractivity contribution is 0.274. The summed E-state index contributed by atoms with van der Waals surface area (Å²) in [5.74, 6) is 2.45. The molecule has 70 valence electrons. The van der Waals surface area contributed by atoms with Crippen LogP contribution in [-0.2, 0) is 0 Å². The highest BCUT2D eigenvalue weighted by molar-refractivity contribution is 7.99. The Hall–Kier alpha value is -0.540. The van der Waals surface area contributed by atoms with E-state index in [0.717, 1.165) is 0 Å². The average Bonchev–Trinajstić information content (AvgIpc) is 2.20. The fourth-order valence-corrected chi connectivity index (χ4v) is 2.86. The highest BCUT2D eigenvalue weighted by Crippen LogP contribution is 2.27. The van der Waals surface area contributed by atoms with E-state index in [1.807, 2.05) is 30.2 Å². The van der Waals surface area contributed by atoms with Crippen molar-refractivity contribution >= 4 is 11.8 Å². The van der Waals surface area contributed by atoms with E-state index in [-0.39, 0.29) is 0 Å². The largest absolute Gasteiger partial charge is 0.298 e. The van der Waals surface area contributed by atoms with Gasteiger partial charge in [-0.15, -0.1) is 0 Å². The molecule has 1 aliphatic heterocycles. The van der Waals surface area contributed by atoms with Crippen LogP contribution < -0.4 is 0 Å². The maximum atomic E-state index is 4.16. The first-order valence-corrected chi connectivity index (χ1v) is 5.71. The van der Waals surface area contributed by atoms with Crippen molar-refractivity contribution in [3.05, 3.63) is 30.1 Å². The van der Waals surface area contributed by atoms with Gasteiger partial charge in [0.15, 0.2) is 0 Å². The summed E-state index contributed by atoms with van der Waals surface area (Å²) in [6.45, 7) is 1.18. The van der Waals surface area contributed by atoms with Crippen molar-refractivity contribution in [2.24, 2.45) is 0 Å². The molecular formula is C10H14N2S. The van der Waals surface area contributed by atoms with Gasteiger partial charge in [-0.25, -0.2) is 0 Å². The van der Waals surface area contributed by atoms with Crippen molar-refractivity contribution in [1.82, 2.24) is 9.88 Å². The molecule has 1 unspecified atom stereocenters. The normalized spacial score (nSPS) is 24.5. The Bertz CT molecular complexity index is 263. The molecule has 0 radical (unpaired) electrons. The van der Waals surface area contributed by atoms with Gasteiger partial charge in [0, 0.05) is 36.5 Å². The van der Waals surface area contributed by atoms with Crippen molar-refractivity contribution < 1.29 is 0 Å². The molecule has 0 amide bonds. The minimum Gasteiger partial charge on any atom is -0.298 e. The summed E-state index contributed by atoms with van der Waals surface area (Å²) in [6.07, 6.45) is 3.81. The lowest BCUT2D eigenvalue weighted by Gasteiger charge is -2.32. The van der Waals surface area contributed by atoms with Crippen molar-refractivity contribution in [3.63, 3.8) is 0 Å². The maximum absolute atomic E-state index is 4.16. The van der Waals surface area contributed by atoms with E-state index in [1.165, 1.54) is 23.6 Å². The fraction of sp³-hybridized carbons (Fsp3) is 0.500. The summed E-state index contributed by atoms with van der Waals surface area (Å²) in [5.41, 5.74) is 1.34. The van der Waals surface area contributed by atoms with Crippen LogP contribution >= 0.6 is 11.8 Å². The molecule has 1 fully saturated rings. The Kier molecular flexibility index (Phi) is 2.86. The second-order valence-corrected chi connectivity index (χ2v) is 4.51. The summed E-state index contributed by atoms with van der Waals surface area (Å²) in [7, 11) is 2.19. The monoisotopic (exact) mass is 194 g/mol. The smallest absolute Gasteiger partial charge is 0.0451 e. The molecule has 0 bridgehead atoms. The van der Waals surface area contributed by atoms with Gasteiger partial charge >= 0.3 is 0 Å². The summed E-state index contributed by atoms with van der Waals surface area (Å²) in [4.78, 5) is 6.57. The van der Waals surface area contributed by atoms with E-state index in [2.05, 4.69) is 23.0 Å². The van der Waals surface area contributed by atoms with Crippen molar-refractivity contribution in [3.8, 4) is 0 Å². The summed E-state index contributed by atoms with van der Waals surface area (Å²) in [6, 6.07) is 4.75. The lowest BCUT2D eigenvalue weighted by atomic mass is 10.1. The van der Waals surface area contributed by atoms with Gasteiger partial charge in [-0.2, -0.15) is 11.8 Å². The topological polar surface area (TPSA) is 16.1 Å². The quantitative estimate of drug-likeness (QED) is 0.678. The first kappa shape index (κ1) is 9.03. The van der Waals surface area contributed by atoms with Gasteiger partial charge in [-0.1, -0.05) is 6.07 Å². The fourth-order valence-electron chi connectivity index (χ4n) is 1.61. The molecule has 3 heteroatoms. The molecule has 2 nitrogen and oxygen atoms in total. The predicted molar refractivity (Wildman–Crippen MR) is 56.9 cm³/mol. The highest BCUT2D eigenvalue weighted by Gasteiger charge is 2.20. The standard InChI is InChI=1S/C10H14N2S/c1-12-5-6-13-8-10(12)9-3-2-4-11-7-9/h2-4,7,10H,5-6,8H2,1H3. The molecular weight excluding hydrogens is 180 g/mol. The van der Waals surface area contributed by atoms with Gasteiger partial charge in [0.1, 0.15) is 0 Å². The average molecular weight is 194 g/mol. The van der Waals surface area contributed by atoms with Gasteiger partial charge in [-0.05, 0) is 18.7 Å². The summed E-state index contributed by atoms with van der Waals surface area (Å²) in [5, 5.41) is 0. The van der Waals surface area contributed by atoms with Gasteiger partial charge in [0.05, 0.1) is 0 Å². The Balaban J connectivity index is 2.15. The SMILES string of the molecule is CN1CCSCC1c1cccnc1. The molecule has 2 rings (SSSR count). The van der Waals surface area contributed by atoms with Gasteiger partial charge in [-0.3, -0.25) is 9.88 Å². The first-order valence-electron chi connectivity index (χ1n) is 4.56. The van der Waals surface area contributed by atoms with E-state index >= 15 is 0 Å². The van der Waals surface area contributed by atoms with Crippen LogP contribution in [0.3, 0.4) is 0 Å². The van der Waals surface area contributed by atoms with Crippen LogP contribution in [0.1, 0.15) is 11.6 Å². The van der Waals surface area contributed by atoms with Crippen LogP contribution in [0.15, 0.2) is 24.5 Å². The minimum atomic E-state index is 0.562. The Morgan fingerprint density at radius 1 is 1.62 bits per heavy atom. The van der Waals surface area contributed by atoms with E-state index in [9.17, 15) is 0 Å². The molecule has 1 aliphatic rings. The summed E-state index contributed by atoms with van der Waals surface area (Å²) < 4.78 is 0. The second-order valence-electron chi connectivity index (χ2n) is 3.36. The number of rotatable bonds is 1. The molecule has 0 aromatic carbocycles. The molecule has 0 aliphatic carbocycles. The molecule has 0 N–H and O–H groups in total. The molecule has 1 aromatic heterocycles. The third-order valence-corrected chi connectivity index (χ3v) is 3.49. The predicted octanol–water partition coefficient (Wildman–Crippen LogP) is 1.80.